The summed E-state index contributed by atoms with van der Waals surface area (Å²) in [7, 11) is 0. The molecule has 0 saturated heterocycles. The summed E-state index contributed by atoms with van der Waals surface area (Å²) in [5.74, 6) is -0.279. The van der Waals surface area contributed by atoms with Gasteiger partial charge in [-0.15, -0.1) is 0 Å². The number of aryl methyl sites for hydroxylation is 1. The molecule has 1 unspecified atom stereocenters. The molecular weight excluding hydrogens is 242 g/mol. The SMILES string of the molecule is Cc1nc2cc(C(C(=O)O)C3CCCC3)ccc2o1. The van der Waals surface area contributed by atoms with Crippen molar-refractivity contribution >= 4 is 17.1 Å². The van der Waals surface area contributed by atoms with Crippen molar-refractivity contribution in [3.8, 4) is 0 Å². The fourth-order valence-corrected chi connectivity index (χ4v) is 3.16. The summed E-state index contributed by atoms with van der Waals surface area (Å²) in [5, 5.41) is 9.52. The number of carboxylic acids is 1. The van der Waals surface area contributed by atoms with Crippen molar-refractivity contribution < 1.29 is 14.3 Å². The Bertz CT molecular complexity index is 611. The molecule has 4 nitrogen and oxygen atoms in total. The zero-order valence-electron chi connectivity index (χ0n) is 10.9. The van der Waals surface area contributed by atoms with Crippen LogP contribution in [-0.2, 0) is 4.79 Å². The third-order valence-corrected chi connectivity index (χ3v) is 4.01. The molecular formula is C15H17NO3. The molecule has 1 aliphatic carbocycles. The fraction of sp³-hybridized carbons (Fsp3) is 0.467. The quantitative estimate of drug-likeness (QED) is 0.916. The van der Waals surface area contributed by atoms with E-state index in [4.69, 9.17) is 4.42 Å². The van der Waals surface area contributed by atoms with Crippen molar-refractivity contribution in [3.63, 3.8) is 0 Å². The molecule has 1 heterocycles. The number of hydrogen-bond acceptors (Lipinski definition) is 3. The van der Waals surface area contributed by atoms with Crippen LogP contribution in [0.4, 0.5) is 0 Å². The van der Waals surface area contributed by atoms with Crippen LogP contribution in [0.1, 0.15) is 43.1 Å². The van der Waals surface area contributed by atoms with E-state index in [1.807, 2.05) is 18.2 Å². The van der Waals surface area contributed by atoms with Gasteiger partial charge in [0.2, 0.25) is 0 Å². The van der Waals surface area contributed by atoms with Gasteiger partial charge in [-0.25, -0.2) is 4.98 Å². The Labute approximate surface area is 111 Å². The van der Waals surface area contributed by atoms with Crippen molar-refractivity contribution in [2.45, 2.75) is 38.5 Å². The van der Waals surface area contributed by atoms with Crippen LogP contribution in [0, 0.1) is 12.8 Å². The Morgan fingerprint density at radius 2 is 2.16 bits per heavy atom. The third kappa shape index (κ3) is 2.23. The van der Waals surface area contributed by atoms with E-state index in [1.54, 1.807) is 6.92 Å². The van der Waals surface area contributed by atoms with Gasteiger partial charge in [-0.1, -0.05) is 18.9 Å². The number of aromatic nitrogens is 1. The lowest BCUT2D eigenvalue weighted by atomic mass is 9.85. The number of carbonyl (C=O) groups is 1. The highest BCUT2D eigenvalue weighted by Crippen LogP contribution is 2.38. The molecule has 1 atom stereocenters. The summed E-state index contributed by atoms with van der Waals surface area (Å²) in [6, 6.07) is 5.56. The first-order valence-electron chi connectivity index (χ1n) is 6.75. The van der Waals surface area contributed by atoms with Crippen LogP contribution in [0.3, 0.4) is 0 Å². The molecule has 19 heavy (non-hydrogen) atoms. The smallest absolute Gasteiger partial charge is 0.311 e. The minimum absolute atomic E-state index is 0.253. The zero-order valence-corrected chi connectivity index (χ0v) is 10.9. The van der Waals surface area contributed by atoms with Crippen LogP contribution >= 0.6 is 0 Å². The van der Waals surface area contributed by atoms with Gasteiger partial charge in [-0.05, 0) is 36.5 Å². The van der Waals surface area contributed by atoms with E-state index < -0.39 is 11.9 Å². The maximum absolute atomic E-state index is 11.6. The Morgan fingerprint density at radius 3 is 2.84 bits per heavy atom. The van der Waals surface area contributed by atoms with Crippen LogP contribution in [0.25, 0.3) is 11.1 Å². The molecule has 0 radical (unpaired) electrons. The highest BCUT2D eigenvalue weighted by atomic mass is 16.4. The second-order valence-electron chi connectivity index (χ2n) is 5.32. The molecule has 1 aromatic heterocycles. The van der Waals surface area contributed by atoms with Gasteiger partial charge in [0.05, 0.1) is 5.92 Å². The first-order valence-corrected chi connectivity index (χ1v) is 6.75. The van der Waals surface area contributed by atoms with E-state index in [9.17, 15) is 9.90 Å². The minimum Gasteiger partial charge on any atom is -0.481 e. The lowest BCUT2D eigenvalue weighted by Crippen LogP contribution is -2.19. The minimum atomic E-state index is -0.730. The third-order valence-electron chi connectivity index (χ3n) is 4.01. The number of oxazole rings is 1. The second-order valence-corrected chi connectivity index (χ2v) is 5.32. The number of aliphatic carboxylic acids is 1. The first kappa shape index (κ1) is 12.2. The maximum Gasteiger partial charge on any atom is 0.311 e. The average Bonchev–Trinajstić information content (AvgIpc) is 2.96. The number of carboxylic acid groups (broad SMARTS) is 1. The average molecular weight is 259 g/mol. The molecule has 1 fully saturated rings. The molecule has 100 valence electrons. The van der Waals surface area contributed by atoms with Crippen LogP contribution in [0.15, 0.2) is 22.6 Å². The van der Waals surface area contributed by atoms with Gasteiger partial charge in [0.15, 0.2) is 11.5 Å². The van der Waals surface area contributed by atoms with Crippen molar-refractivity contribution in [2.24, 2.45) is 5.92 Å². The normalized spacial score (nSPS) is 17.9. The van der Waals surface area contributed by atoms with Crippen molar-refractivity contribution in [1.29, 1.82) is 0 Å². The summed E-state index contributed by atoms with van der Waals surface area (Å²) in [5.41, 5.74) is 2.32. The molecule has 0 bridgehead atoms. The summed E-state index contributed by atoms with van der Waals surface area (Å²) in [6.07, 6.45) is 4.29. The highest BCUT2D eigenvalue weighted by molar-refractivity contribution is 5.80. The number of nitrogens with zero attached hydrogens (tertiary/aromatic N) is 1. The molecule has 0 aliphatic heterocycles. The van der Waals surface area contributed by atoms with Gasteiger partial charge in [-0.2, -0.15) is 0 Å². The van der Waals surface area contributed by atoms with Crippen LogP contribution in [0.2, 0.25) is 0 Å². The van der Waals surface area contributed by atoms with E-state index in [2.05, 4.69) is 4.98 Å². The van der Waals surface area contributed by atoms with Crippen molar-refractivity contribution in [1.82, 2.24) is 4.98 Å². The topological polar surface area (TPSA) is 63.3 Å². The molecule has 1 N–H and O–H groups in total. The van der Waals surface area contributed by atoms with Crippen LogP contribution < -0.4 is 0 Å². The fourth-order valence-electron chi connectivity index (χ4n) is 3.16. The van der Waals surface area contributed by atoms with E-state index >= 15 is 0 Å². The summed E-state index contributed by atoms with van der Waals surface area (Å²) in [4.78, 5) is 15.9. The standard InChI is InChI=1S/C15H17NO3/c1-9-16-12-8-11(6-7-13(12)19-9)14(15(17)18)10-4-2-3-5-10/h6-8,10,14H,2-5H2,1H3,(H,17,18). The van der Waals surface area contributed by atoms with E-state index in [0.717, 1.165) is 42.3 Å². The molecule has 3 rings (SSSR count). The van der Waals surface area contributed by atoms with Crippen LogP contribution in [0.5, 0.6) is 0 Å². The van der Waals surface area contributed by atoms with Crippen LogP contribution in [-0.4, -0.2) is 16.1 Å². The van der Waals surface area contributed by atoms with Crippen molar-refractivity contribution in [3.05, 3.63) is 29.7 Å². The predicted octanol–water partition coefficient (Wildman–Crippen LogP) is 3.49. The Hall–Kier alpha value is -1.84. The number of fused-ring (bicyclic) bond motifs is 1. The Morgan fingerprint density at radius 1 is 1.42 bits per heavy atom. The van der Waals surface area contributed by atoms with Gasteiger partial charge < -0.3 is 9.52 Å². The van der Waals surface area contributed by atoms with Gasteiger partial charge in [0.25, 0.3) is 0 Å². The predicted molar refractivity (Wildman–Crippen MR) is 71.1 cm³/mol. The van der Waals surface area contributed by atoms with Gasteiger partial charge in [0.1, 0.15) is 5.52 Å². The maximum atomic E-state index is 11.6. The number of benzene rings is 1. The molecule has 1 saturated carbocycles. The van der Waals surface area contributed by atoms with E-state index in [-0.39, 0.29) is 5.92 Å². The molecule has 0 amide bonds. The van der Waals surface area contributed by atoms with Gasteiger partial charge in [-0.3, -0.25) is 4.79 Å². The van der Waals surface area contributed by atoms with E-state index in [0.29, 0.717) is 5.89 Å². The number of hydrogen-bond donors (Lipinski definition) is 1. The van der Waals surface area contributed by atoms with Gasteiger partial charge >= 0.3 is 5.97 Å². The Balaban J connectivity index is 2.01. The lowest BCUT2D eigenvalue weighted by Gasteiger charge is -2.19. The highest BCUT2D eigenvalue weighted by Gasteiger charge is 2.32. The summed E-state index contributed by atoms with van der Waals surface area (Å²) in [6.45, 7) is 1.80. The van der Waals surface area contributed by atoms with E-state index in [1.165, 1.54) is 0 Å². The Kier molecular flexibility index (Phi) is 3.01. The molecule has 4 heteroatoms. The molecule has 0 spiro atoms. The first-order chi connectivity index (χ1) is 9.15. The second kappa shape index (κ2) is 4.68. The van der Waals surface area contributed by atoms with Crippen molar-refractivity contribution in [2.75, 3.05) is 0 Å². The lowest BCUT2D eigenvalue weighted by molar-refractivity contribution is -0.140. The molecule has 1 aliphatic rings. The zero-order chi connectivity index (χ0) is 13.4. The summed E-state index contributed by atoms with van der Waals surface area (Å²) >= 11 is 0. The molecule has 1 aromatic carbocycles. The molecule has 2 aromatic rings. The largest absolute Gasteiger partial charge is 0.481 e. The summed E-state index contributed by atoms with van der Waals surface area (Å²) < 4.78 is 5.43. The number of rotatable bonds is 3. The monoisotopic (exact) mass is 259 g/mol. The van der Waals surface area contributed by atoms with Gasteiger partial charge in [0, 0.05) is 6.92 Å².